The maximum atomic E-state index is 8.96. The number of rotatable bonds is 5. The Labute approximate surface area is 109 Å². The first kappa shape index (κ1) is 12.9. The van der Waals surface area contributed by atoms with Crippen LogP contribution in [0.25, 0.3) is 0 Å². The van der Waals surface area contributed by atoms with E-state index in [-0.39, 0.29) is 13.2 Å². The molecule has 2 rings (SSSR count). The smallest absolute Gasteiger partial charge is 0.264 e. The predicted molar refractivity (Wildman–Crippen MR) is 65.4 cm³/mol. The highest BCUT2D eigenvalue weighted by Gasteiger charge is 2.07. The molecule has 0 unspecified atom stereocenters. The van der Waals surface area contributed by atoms with Crippen LogP contribution < -0.4 is 4.74 Å². The van der Waals surface area contributed by atoms with Gasteiger partial charge in [-0.3, -0.25) is 0 Å². The third kappa shape index (κ3) is 3.00. The lowest BCUT2D eigenvalue weighted by molar-refractivity contribution is 0.242. The van der Waals surface area contributed by atoms with Gasteiger partial charge in [0.25, 0.3) is 5.89 Å². The van der Waals surface area contributed by atoms with Gasteiger partial charge in [-0.2, -0.15) is 4.98 Å². The van der Waals surface area contributed by atoms with E-state index in [2.05, 4.69) is 10.1 Å². The van der Waals surface area contributed by atoms with Crippen LogP contribution in [0, 0.1) is 0 Å². The van der Waals surface area contributed by atoms with E-state index in [1.54, 1.807) is 18.2 Å². The van der Waals surface area contributed by atoms with Crippen molar-refractivity contribution in [2.45, 2.75) is 26.6 Å². The van der Waals surface area contributed by atoms with Gasteiger partial charge >= 0.3 is 0 Å². The van der Waals surface area contributed by atoms with Gasteiger partial charge in [-0.1, -0.05) is 29.7 Å². The summed E-state index contributed by atoms with van der Waals surface area (Å²) in [5.74, 6) is 1.58. The summed E-state index contributed by atoms with van der Waals surface area (Å²) in [6.45, 7) is 2.06. The van der Waals surface area contributed by atoms with Crippen molar-refractivity contribution in [2.75, 3.05) is 0 Å². The Morgan fingerprint density at radius 1 is 1.44 bits per heavy atom. The highest BCUT2D eigenvalue weighted by atomic mass is 35.5. The van der Waals surface area contributed by atoms with Gasteiger partial charge in [0, 0.05) is 6.42 Å². The van der Waals surface area contributed by atoms with Crippen LogP contribution in [0.3, 0.4) is 0 Å². The lowest BCUT2D eigenvalue weighted by Crippen LogP contribution is -1.97. The van der Waals surface area contributed by atoms with Gasteiger partial charge in [-0.05, 0) is 17.7 Å². The molecule has 0 aliphatic carbocycles. The summed E-state index contributed by atoms with van der Waals surface area (Å²) in [7, 11) is 0. The first-order chi connectivity index (χ1) is 8.72. The summed E-state index contributed by atoms with van der Waals surface area (Å²) in [6.07, 6.45) is 0.718. The molecule has 5 nitrogen and oxygen atoms in total. The van der Waals surface area contributed by atoms with Crippen molar-refractivity contribution in [1.82, 2.24) is 10.1 Å². The van der Waals surface area contributed by atoms with Crippen LogP contribution in [0.5, 0.6) is 5.75 Å². The van der Waals surface area contributed by atoms with Gasteiger partial charge < -0.3 is 14.4 Å². The van der Waals surface area contributed by atoms with Crippen molar-refractivity contribution >= 4 is 11.6 Å². The summed E-state index contributed by atoms with van der Waals surface area (Å²) < 4.78 is 10.5. The second kappa shape index (κ2) is 5.84. The number of aromatic nitrogens is 2. The number of hydrogen-bond donors (Lipinski definition) is 1. The minimum absolute atomic E-state index is 0.0521. The Kier molecular flexibility index (Phi) is 4.17. The van der Waals surface area contributed by atoms with Crippen LogP contribution in [0.4, 0.5) is 0 Å². The molecule has 0 fully saturated rings. The molecule has 0 atom stereocenters. The number of ether oxygens (including phenoxy) is 1. The quantitative estimate of drug-likeness (QED) is 0.901. The normalized spacial score (nSPS) is 10.6. The standard InChI is InChI=1S/C12H13ClN2O3/c1-2-11-14-12(18-15-11)7-17-10-4-3-8(6-16)5-9(10)13/h3-5,16H,2,6-7H2,1H3. The molecule has 1 aromatic heterocycles. The van der Waals surface area contributed by atoms with E-state index in [1.165, 1.54) is 0 Å². The number of aliphatic hydroxyl groups excluding tert-OH is 1. The van der Waals surface area contributed by atoms with E-state index in [0.717, 1.165) is 12.0 Å². The molecule has 2 aromatic rings. The van der Waals surface area contributed by atoms with Crippen molar-refractivity contribution in [2.24, 2.45) is 0 Å². The van der Waals surface area contributed by atoms with Crippen molar-refractivity contribution in [3.63, 3.8) is 0 Å². The summed E-state index contributed by atoms with van der Waals surface area (Å²) >= 11 is 6.00. The first-order valence-corrected chi connectivity index (χ1v) is 5.94. The zero-order chi connectivity index (χ0) is 13.0. The van der Waals surface area contributed by atoms with Gasteiger partial charge in [0.05, 0.1) is 11.6 Å². The molecule has 0 aliphatic heterocycles. The van der Waals surface area contributed by atoms with Crippen LogP contribution in [-0.2, 0) is 19.6 Å². The molecule has 1 aromatic carbocycles. The fourth-order valence-electron chi connectivity index (χ4n) is 1.39. The average Bonchev–Trinajstić information content (AvgIpc) is 2.85. The molecular weight excluding hydrogens is 256 g/mol. The van der Waals surface area contributed by atoms with Gasteiger partial charge in [-0.15, -0.1) is 0 Å². The Hall–Kier alpha value is -1.59. The molecule has 18 heavy (non-hydrogen) atoms. The number of aliphatic hydroxyl groups is 1. The third-order valence-electron chi connectivity index (χ3n) is 2.36. The molecule has 1 heterocycles. The molecule has 0 radical (unpaired) electrons. The molecule has 1 N–H and O–H groups in total. The Balaban J connectivity index is 2.01. The molecule has 0 amide bonds. The lowest BCUT2D eigenvalue weighted by Gasteiger charge is -2.06. The molecule has 0 aliphatic rings. The predicted octanol–water partition coefficient (Wildman–Crippen LogP) is 2.36. The maximum Gasteiger partial charge on any atom is 0.264 e. The maximum absolute atomic E-state index is 8.96. The molecule has 96 valence electrons. The van der Waals surface area contributed by atoms with Gasteiger partial charge in [-0.25, -0.2) is 0 Å². The number of nitrogens with zero attached hydrogens (tertiary/aromatic N) is 2. The highest BCUT2D eigenvalue weighted by Crippen LogP contribution is 2.26. The van der Waals surface area contributed by atoms with Crippen LogP contribution in [0.15, 0.2) is 22.7 Å². The minimum atomic E-state index is -0.0521. The molecule has 0 saturated carbocycles. The van der Waals surface area contributed by atoms with Crippen LogP contribution >= 0.6 is 11.6 Å². The largest absolute Gasteiger partial charge is 0.482 e. The zero-order valence-electron chi connectivity index (χ0n) is 9.89. The van der Waals surface area contributed by atoms with E-state index < -0.39 is 0 Å². The SMILES string of the molecule is CCc1noc(COc2ccc(CO)cc2Cl)n1. The lowest BCUT2D eigenvalue weighted by atomic mass is 10.2. The van der Waals surface area contributed by atoms with Gasteiger partial charge in [0.1, 0.15) is 5.75 Å². The minimum Gasteiger partial charge on any atom is -0.482 e. The van der Waals surface area contributed by atoms with Crippen LogP contribution in [0.2, 0.25) is 5.02 Å². The van der Waals surface area contributed by atoms with E-state index >= 15 is 0 Å². The molecule has 0 bridgehead atoms. The van der Waals surface area contributed by atoms with Crippen molar-refractivity contribution in [1.29, 1.82) is 0 Å². The number of benzene rings is 1. The van der Waals surface area contributed by atoms with Crippen LogP contribution in [0.1, 0.15) is 24.2 Å². The Morgan fingerprint density at radius 2 is 2.28 bits per heavy atom. The number of hydrogen-bond acceptors (Lipinski definition) is 5. The van der Waals surface area contributed by atoms with E-state index in [1.807, 2.05) is 6.92 Å². The van der Waals surface area contributed by atoms with Gasteiger partial charge in [0.15, 0.2) is 12.4 Å². The number of aryl methyl sites for hydroxylation is 1. The summed E-state index contributed by atoms with van der Waals surface area (Å²) in [5, 5.41) is 13.2. The average molecular weight is 269 g/mol. The van der Waals surface area contributed by atoms with Crippen molar-refractivity contribution < 1.29 is 14.4 Å². The zero-order valence-corrected chi connectivity index (χ0v) is 10.6. The van der Waals surface area contributed by atoms with Gasteiger partial charge in [0.2, 0.25) is 0 Å². The Morgan fingerprint density at radius 3 is 2.89 bits per heavy atom. The fraction of sp³-hybridized carbons (Fsp3) is 0.333. The van der Waals surface area contributed by atoms with Crippen LogP contribution in [-0.4, -0.2) is 15.2 Å². The van der Waals surface area contributed by atoms with E-state index in [4.69, 9.17) is 26.0 Å². The van der Waals surface area contributed by atoms with E-state index in [0.29, 0.717) is 22.5 Å². The molecule has 0 spiro atoms. The van der Waals surface area contributed by atoms with Crippen molar-refractivity contribution in [3.05, 3.63) is 40.5 Å². The summed E-state index contributed by atoms with van der Waals surface area (Å²) in [6, 6.07) is 5.10. The monoisotopic (exact) mass is 268 g/mol. The summed E-state index contributed by atoms with van der Waals surface area (Å²) in [5.41, 5.74) is 0.735. The fourth-order valence-corrected chi connectivity index (χ4v) is 1.65. The third-order valence-corrected chi connectivity index (χ3v) is 2.65. The number of halogens is 1. The second-order valence-corrected chi connectivity index (χ2v) is 4.08. The summed E-state index contributed by atoms with van der Waals surface area (Å²) in [4.78, 5) is 4.12. The Bertz CT molecular complexity index is 528. The molecular formula is C12H13ClN2O3. The molecule has 0 saturated heterocycles. The first-order valence-electron chi connectivity index (χ1n) is 5.56. The highest BCUT2D eigenvalue weighted by molar-refractivity contribution is 6.32. The van der Waals surface area contributed by atoms with Crippen molar-refractivity contribution in [3.8, 4) is 5.75 Å². The molecule has 6 heteroatoms. The second-order valence-electron chi connectivity index (χ2n) is 3.67. The van der Waals surface area contributed by atoms with E-state index in [9.17, 15) is 0 Å². The topological polar surface area (TPSA) is 68.4 Å².